The van der Waals surface area contributed by atoms with Gasteiger partial charge in [0.2, 0.25) is 0 Å². The Morgan fingerprint density at radius 1 is 1.38 bits per heavy atom. The molecule has 0 bridgehead atoms. The summed E-state index contributed by atoms with van der Waals surface area (Å²) in [6, 6.07) is 6.50. The first-order valence-electron chi connectivity index (χ1n) is 6.13. The molecule has 0 fully saturated rings. The lowest BCUT2D eigenvalue weighted by Crippen LogP contribution is -2.35. The molecule has 2 N–H and O–H groups in total. The average Bonchev–Trinajstić information content (AvgIpc) is 3.00. The molecule has 0 radical (unpaired) electrons. The molecule has 1 heterocycles. The Balaban J connectivity index is 1.78. The van der Waals surface area contributed by atoms with Gasteiger partial charge in [-0.05, 0) is 18.2 Å². The third-order valence-electron chi connectivity index (χ3n) is 2.63. The highest BCUT2D eigenvalue weighted by atomic mass is 35.5. The zero-order valence-corrected chi connectivity index (χ0v) is 12.4. The van der Waals surface area contributed by atoms with Crippen LogP contribution in [0.2, 0.25) is 10.0 Å². The molecular weight excluding hydrogens is 317 g/mol. The molecule has 1 atom stereocenters. The second kappa shape index (κ2) is 7.36. The van der Waals surface area contributed by atoms with Gasteiger partial charge in [-0.2, -0.15) is 0 Å². The molecule has 0 aliphatic carbocycles. The Morgan fingerprint density at radius 2 is 2.19 bits per heavy atom. The predicted octanol–water partition coefficient (Wildman–Crippen LogP) is 2.76. The molecule has 5 nitrogen and oxygen atoms in total. The third-order valence-corrected chi connectivity index (χ3v) is 3.43. The number of hydrogen-bond donors (Lipinski definition) is 2. The van der Waals surface area contributed by atoms with Gasteiger partial charge in [-0.25, -0.2) is 0 Å². The van der Waals surface area contributed by atoms with Crippen LogP contribution in [0.5, 0.6) is 5.75 Å². The molecule has 2 aromatic rings. The molecule has 0 aliphatic rings. The van der Waals surface area contributed by atoms with E-state index in [4.69, 9.17) is 32.4 Å². The Labute approximate surface area is 131 Å². The van der Waals surface area contributed by atoms with Crippen molar-refractivity contribution in [3.8, 4) is 5.75 Å². The van der Waals surface area contributed by atoms with Crippen molar-refractivity contribution >= 4 is 29.1 Å². The van der Waals surface area contributed by atoms with Crippen LogP contribution in [0, 0.1) is 0 Å². The molecule has 1 aromatic heterocycles. The number of benzene rings is 1. The maximum absolute atomic E-state index is 11.6. The number of carbonyl (C=O) groups excluding carboxylic acids is 1. The minimum absolute atomic E-state index is 0.0221. The van der Waals surface area contributed by atoms with Crippen molar-refractivity contribution in [1.29, 1.82) is 0 Å². The number of carbonyl (C=O) groups is 1. The molecule has 0 aliphatic heterocycles. The summed E-state index contributed by atoms with van der Waals surface area (Å²) >= 11 is 11.8. The van der Waals surface area contributed by atoms with Gasteiger partial charge in [0, 0.05) is 6.54 Å². The van der Waals surface area contributed by atoms with Gasteiger partial charge in [0.15, 0.2) is 0 Å². The number of hydrogen-bond acceptors (Lipinski definition) is 4. The summed E-state index contributed by atoms with van der Waals surface area (Å²) in [5.41, 5.74) is 0.390. The number of halogens is 2. The maximum atomic E-state index is 11.6. The summed E-state index contributed by atoms with van der Waals surface area (Å²) in [4.78, 5) is 11.6. The van der Waals surface area contributed by atoms with E-state index in [1.807, 2.05) is 0 Å². The summed E-state index contributed by atoms with van der Waals surface area (Å²) in [5.74, 6) is 0.0490. The van der Waals surface area contributed by atoms with Crippen LogP contribution in [0.4, 0.5) is 0 Å². The van der Waals surface area contributed by atoms with Gasteiger partial charge in [-0.3, -0.25) is 4.79 Å². The first-order chi connectivity index (χ1) is 10.1. The van der Waals surface area contributed by atoms with E-state index in [9.17, 15) is 9.90 Å². The van der Waals surface area contributed by atoms with Gasteiger partial charge < -0.3 is 19.6 Å². The van der Waals surface area contributed by atoms with Crippen LogP contribution in [0.3, 0.4) is 0 Å². The molecule has 0 spiro atoms. The first kappa shape index (κ1) is 15.7. The zero-order valence-electron chi connectivity index (χ0n) is 10.9. The third kappa shape index (κ3) is 4.39. The number of ether oxygens (including phenoxy) is 1. The molecule has 21 heavy (non-hydrogen) atoms. The van der Waals surface area contributed by atoms with E-state index in [1.165, 1.54) is 18.6 Å². The highest BCUT2D eigenvalue weighted by Crippen LogP contribution is 2.31. The Hall–Kier alpha value is -1.69. The second-order valence-corrected chi connectivity index (χ2v) is 5.02. The fraction of sp³-hybridized carbons (Fsp3) is 0.214. The fourth-order valence-electron chi connectivity index (χ4n) is 1.55. The average molecular weight is 330 g/mol. The summed E-state index contributed by atoms with van der Waals surface area (Å²) in [5, 5.41) is 13.0. The quantitative estimate of drug-likeness (QED) is 0.854. The van der Waals surface area contributed by atoms with Crippen LogP contribution in [-0.2, 0) is 0 Å². The zero-order chi connectivity index (χ0) is 15.2. The van der Waals surface area contributed by atoms with E-state index < -0.39 is 6.10 Å². The number of aliphatic hydroxyl groups is 1. The van der Waals surface area contributed by atoms with E-state index in [0.29, 0.717) is 16.3 Å². The van der Waals surface area contributed by atoms with Gasteiger partial charge >= 0.3 is 0 Å². The minimum Gasteiger partial charge on any atom is -0.489 e. The predicted molar refractivity (Wildman–Crippen MR) is 79.0 cm³/mol. The highest BCUT2D eigenvalue weighted by molar-refractivity contribution is 6.42. The van der Waals surface area contributed by atoms with Crippen molar-refractivity contribution in [2.45, 2.75) is 6.10 Å². The van der Waals surface area contributed by atoms with E-state index in [0.717, 1.165) is 0 Å². The highest BCUT2D eigenvalue weighted by Gasteiger charge is 2.12. The van der Waals surface area contributed by atoms with Crippen molar-refractivity contribution in [2.24, 2.45) is 0 Å². The van der Waals surface area contributed by atoms with Crippen LogP contribution in [0.1, 0.15) is 10.4 Å². The number of nitrogens with one attached hydrogen (secondary N) is 1. The number of aliphatic hydroxyl groups excluding tert-OH is 1. The molecule has 0 saturated heterocycles. The van der Waals surface area contributed by atoms with E-state index >= 15 is 0 Å². The standard InChI is InChI=1S/C14H13Cl2NO4/c15-11-2-1-3-12(13(11)16)21-8-10(18)6-17-14(19)9-4-5-20-7-9/h1-5,7,10,18H,6,8H2,(H,17,19). The molecule has 2 rings (SSSR count). The minimum atomic E-state index is -0.879. The molecule has 0 saturated carbocycles. The first-order valence-corrected chi connectivity index (χ1v) is 6.89. The molecule has 1 unspecified atom stereocenters. The summed E-state index contributed by atoms with van der Waals surface area (Å²) in [7, 11) is 0. The van der Waals surface area contributed by atoms with Crippen LogP contribution < -0.4 is 10.1 Å². The maximum Gasteiger partial charge on any atom is 0.254 e. The van der Waals surface area contributed by atoms with Gasteiger partial charge in [-0.15, -0.1) is 0 Å². The SMILES string of the molecule is O=C(NCC(O)COc1cccc(Cl)c1Cl)c1ccoc1. The normalized spacial score (nSPS) is 12.0. The second-order valence-electron chi connectivity index (χ2n) is 4.24. The number of amides is 1. The van der Waals surface area contributed by atoms with Crippen molar-refractivity contribution in [3.63, 3.8) is 0 Å². The molecule has 1 aromatic carbocycles. The molecule has 7 heteroatoms. The lowest BCUT2D eigenvalue weighted by molar-refractivity contribution is 0.0843. The van der Waals surface area contributed by atoms with Crippen LogP contribution in [-0.4, -0.2) is 30.3 Å². The summed E-state index contributed by atoms with van der Waals surface area (Å²) < 4.78 is 10.2. The van der Waals surface area contributed by atoms with Crippen LogP contribution in [0.25, 0.3) is 0 Å². The lowest BCUT2D eigenvalue weighted by atomic mass is 10.3. The number of rotatable bonds is 6. The lowest BCUT2D eigenvalue weighted by Gasteiger charge is -2.14. The molecular formula is C14H13Cl2NO4. The van der Waals surface area contributed by atoms with E-state index in [1.54, 1.807) is 18.2 Å². The van der Waals surface area contributed by atoms with Gasteiger partial charge in [0.1, 0.15) is 29.7 Å². The topological polar surface area (TPSA) is 71.7 Å². The van der Waals surface area contributed by atoms with Gasteiger partial charge in [0.25, 0.3) is 5.91 Å². The van der Waals surface area contributed by atoms with Crippen molar-refractivity contribution in [1.82, 2.24) is 5.32 Å². The van der Waals surface area contributed by atoms with E-state index in [-0.39, 0.29) is 24.1 Å². The largest absolute Gasteiger partial charge is 0.489 e. The van der Waals surface area contributed by atoms with Crippen LogP contribution >= 0.6 is 23.2 Å². The van der Waals surface area contributed by atoms with Crippen molar-refractivity contribution in [3.05, 3.63) is 52.4 Å². The van der Waals surface area contributed by atoms with Gasteiger partial charge in [0.05, 0.1) is 16.8 Å². The Bertz CT molecular complexity index is 601. The van der Waals surface area contributed by atoms with E-state index in [2.05, 4.69) is 5.32 Å². The fourth-order valence-corrected chi connectivity index (χ4v) is 1.89. The van der Waals surface area contributed by atoms with Gasteiger partial charge in [-0.1, -0.05) is 29.3 Å². The number of furan rings is 1. The Morgan fingerprint density at radius 3 is 2.90 bits per heavy atom. The van der Waals surface area contributed by atoms with Crippen molar-refractivity contribution < 1.29 is 19.1 Å². The summed E-state index contributed by atoms with van der Waals surface area (Å²) in [6.45, 7) is 0.0218. The summed E-state index contributed by atoms with van der Waals surface area (Å²) in [6.07, 6.45) is 1.84. The smallest absolute Gasteiger partial charge is 0.254 e. The molecule has 1 amide bonds. The Kier molecular flexibility index (Phi) is 5.50. The molecule has 112 valence electrons. The van der Waals surface area contributed by atoms with Crippen molar-refractivity contribution in [2.75, 3.05) is 13.2 Å². The van der Waals surface area contributed by atoms with Crippen LogP contribution in [0.15, 0.2) is 41.2 Å². The monoisotopic (exact) mass is 329 g/mol.